The summed E-state index contributed by atoms with van der Waals surface area (Å²) in [6.07, 6.45) is -0.981. The number of rotatable bonds is 5. The van der Waals surface area contributed by atoms with Crippen LogP contribution in [0.1, 0.15) is 19.4 Å². The normalized spacial score (nSPS) is 11.6. The number of amides is 3. The van der Waals surface area contributed by atoms with Crippen molar-refractivity contribution >= 4 is 11.9 Å². The number of imide groups is 1. The summed E-state index contributed by atoms with van der Waals surface area (Å²) in [7, 11) is 0. The van der Waals surface area contributed by atoms with Crippen LogP contribution in [-0.4, -0.2) is 29.7 Å². The fourth-order valence-electron chi connectivity index (χ4n) is 1.46. The van der Waals surface area contributed by atoms with Gasteiger partial charge in [-0.3, -0.25) is 10.1 Å². The number of hydrogen-bond donors (Lipinski definition) is 3. The van der Waals surface area contributed by atoms with Crippen LogP contribution in [0.5, 0.6) is 5.75 Å². The molecule has 0 saturated carbocycles. The Balaban J connectivity index is 2.65. The molecular formula is C13H17FN2O4. The highest BCUT2D eigenvalue weighted by atomic mass is 19.1. The van der Waals surface area contributed by atoms with E-state index in [1.807, 2.05) is 0 Å². The van der Waals surface area contributed by atoms with Gasteiger partial charge >= 0.3 is 6.03 Å². The molecule has 1 unspecified atom stereocenters. The molecule has 1 aromatic rings. The highest BCUT2D eigenvalue weighted by Gasteiger charge is 2.17. The molecule has 0 spiro atoms. The summed E-state index contributed by atoms with van der Waals surface area (Å²) >= 11 is 0. The van der Waals surface area contributed by atoms with E-state index >= 15 is 0 Å². The fraction of sp³-hybridized carbons (Fsp3) is 0.385. The molecule has 7 heteroatoms. The van der Waals surface area contributed by atoms with Crippen LogP contribution >= 0.6 is 0 Å². The number of halogens is 1. The molecule has 0 aromatic heterocycles. The zero-order chi connectivity index (χ0) is 15.1. The first-order valence-electron chi connectivity index (χ1n) is 6.12. The van der Waals surface area contributed by atoms with Crippen molar-refractivity contribution in [1.82, 2.24) is 10.6 Å². The van der Waals surface area contributed by atoms with Crippen molar-refractivity contribution in [2.45, 2.75) is 26.6 Å². The van der Waals surface area contributed by atoms with Gasteiger partial charge in [0.2, 0.25) is 0 Å². The minimum atomic E-state index is -0.981. The van der Waals surface area contributed by atoms with Crippen LogP contribution < -0.4 is 15.4 Å². The number of carbonyl (C=O) groups is 2. The quantitative estimate of drug-likeness (QED) is 0.750. The largest absolute Gasteiger partial charge is 0.481 e. The van der Waals surface area contributed by atoms with E-state index in [4.69, 9.17) is 9.84 Å². The van der Waals surface area contributed by atoms with Gasteiger partial charge < -0.3 is 15.2 Å². The van der Waals surface area contributed by atoms with Crippen LogP contribution in [0.2, 0.25) is 0 Å². The van der Waals surface area contributed by atoms with Gasteiger partial charge in [-0.1, -0.05) is 0 Å². The minimum absolute atomic E-state index is 0.104. The zero-order valence-corrected chi connectivity index (χ0v) is 11.3. The SMILES string of the molecule is CCNC(=O)NC(=O)C(C)Oc1cc(F)cc(CO)c1. The van der Waals surface area contributed by atoms with Gasteiger partial charge in [0, 0.05) is 12.6 Å². The van der Waals surface area contributed by atoms with Crippen LogP contribution in [0, 0.1) is 5.82 Å². The average Bonchev–Trinajstić information content (AvgIpc) is 2.37. The van der Waals surface area contributed by atoms with Gasteiger partial charge in [-0.05, 0) is 31.5 Å². The zero-order valence-electron chi connectivity index (χ0n) is 11.3. The lowest BCUT2D eigenvalue weighted by molar-refractivity contribution is -0.126. The van der Waals surface area contributed by atoms with Crippen molar-refractivity contribution in [1.29, 1.82) is 0 Å². The molecule has 0 aliphatic heterocycles. The van der Waals surface area contributed by atoms with E-state index in [2.05, 4.69) is 10.6 Å². The van der Waals surface area contributed by atoms with E-state index in [9.17, 15) is 14.0 Å². The first kappa shape index (κ1) is 15.9. The molecule has 0 radical (unpaired) electrons. The van der Waals surface area contributed by atoms with Crippen molar-refractivity contribution < 1.29 is 23.8 Å². The smallest absolute Gasteiger partial charge is 0.321 e. The van der Waals surface area contributed by atoms with Gasteiger partial charge in [-0.25, -0.2) is 9.18 Å². The van der Waals surface area contributed by atoms with E-state index < -0.39 is 23.9 Å². The van der Waals surface area contributed by atoms with Crippen molar-refractivity contribution in [3.8, 4) is 5.75 Å². The maximum absolute atomic E-state index is 13.2. The Kier molecular flexibility index (Phi) is 5.92. The van der Waals surface area contributed by atoms with Crippen molar-refractivity contribution in [2.75, 3.05) is 6.54 Å². The topological polar surface area (TPSA) is 87.7 Å². The Bertz CT molecular complexity index is 493. The Morgan fingerprint density at radius 1 is 1.40 bits per heavy atom. The minimum Gasteiger partial charge on any atom is -0.481 e. The molecule has 1 atom stereocenters. The van der Waals surface area contributed by atoms with Gasteiger partial charge in [-0.15, -0.1) is 0 Å². The third-order valence-corrected chi connectivity index (χ3v) is 2.37. The van der Waals surface area contributed by atoms with Crippen LogP contribution in [0.15, 0.2) is 18.2 Å². The highest BCUT2D eigenvalue weighted by molar-refractivity contribution is 5.96. The van der Waals surface area contributed by atoms with Crippen molar-refractivity contribution in [3.05, 3.63) is 29.6 Å². The maximum atomic E-state index is 13.2. The molecule has 0 bridgehead atoms. The standard InChI is InChI=1S/C13H17FN2O4/c1-3-15-13(19)16-12(18)8(2)20-11-5-9(7-17)4-10(14)6-11/h4-6,8,17H,3,7H2,1-2H3,(H2,15,16,18,19). The molecule has 0 saturated heterocycles. The number of benzene rings is 1. The molecule has 6 nitrogen and oxygen atoms in total. The molecule has 3 N–H and O–H groups in total. The van der Waals surface area contributed by atoms with E-state index in [0.717, 1.165) is 12.1 Å². The Morgan fingerprint density at radius 2 is 2.10 bits per heavy atom. The summed E-state index contributed by atoms with van der Waals surface area (Å²) in [6.45, 7) is 3.19. The maximum Gasteiger partial charge on any atom is 0.321 e. The number of nitrogens with one attached hydrogen (secondary N) is 2. The van der Waals surface area contributed by atoms with Crippen LogP contribution in [-0.2, 0) is 11.4 Å². The monoisotopic (exact) mass is 284 g/mol. The Morgan fingerprint density at radius 3 is 2.70 bits per heavy atom. The number of carbonyl (C=O) groups excluding carboxylic acids is 2. The second-order valence-corrected chi connectivity index (χ2v) is 4.06. The molecular weight excluding hydrogens is 267 g/mol. The molecule has 0 heterocycles. The second-order valence-electron chi connectivity index (χ2n) is 4.06. The van der Waals surface area contributed by atoms with Crippen LogP contribution in [0.4, 0.5) is 9.18 Å². The first-order chi connectivity index (χ1) is 9.46. The lowest BCUT2D eigenvalue weighted by Crippen LogP contribution is -2.45. The van der Waals surface area contributed by atoms with Crippen LogP contribution in [0.25, 0.3) is 0 Å². The van der Waals surface area contributed by atoms with E-state index in [1.165, 1.54) is 13.0 Å². The van der Waals surface area contributed by atoms with E-state index in [1.54, 1.807) is 6.92 Å². The molecule has 0 aliphatic carbocycles. The number of urea groups is 1. The number of hydrogen-bond acceptors (Lipinski definition) is 4. The summed E-state index contributed by atoms with van der Waals surface area (Å²) in [5, 5.41) is 13.4. The fourth-order valence-corrected chi connectivity index (χ4v) is 1.46. The van der Waals surface area contributed by atoms with Crippen molar-refractivity contribution in [3.63, 3.8) is 0 Å². The van der Waals surface area contributed by atoms with E-state index in [0.29, 0.717) is 12.1 Å². The summed E-state index contributed by atoms with van der Waals surface area (Å²) in [5.41, 5.74) is 0.330. The molecule has 0 aliphatic rings. The number of ether oxygens (including phenoxy) is 1. The second kappa shape index (κ2) is 7.44. The molecule has 3 amide bonds. The third kappa shape index (κ3) is 4.85. The third-order valence-electron chi connectivity index (χ3n) is 2.37. The first-order valence-corrected chi connectivity index (χ1v) is 6.12. The lowest BCUT2D eigenvalue weighted by atomic mass is 10.2. The van der Waals surface area contributed by atoms with Gasteiger partial charge in [0.15, 0.2) is 6.10 Å². The molecule has 1 aromatic carbocycles. The number of aliphatic hydroxyl groups excluding tert-OH is 1. The van der Waals surface area contributed by atoms with E-state index in [-0.39, 0.29) is 12.4 Å². The van der Waals surface area contributed by atoms with Gasteiger partial charge in [0.05, 0.1) is 6.61 Å². The Hall–Kier alpha value is -2.15. The Labute approximate surface area is 115 Å². The summed E-state index contributed by atoms with van der Waals surface area (Å²) in [6, 6.07) is 3.04. The molecule has 110 valence electrons. The predicted octanol–water partition coefficient (Wildman–Crippen LogP) is 0.931. The molecule has 0 fully saturated rings. The summed E-state index contributed by atoms with van der Waals surface area (Å²) in [4.78, 5) is 22.8. The van der Waals surface area contributed by atoms with Crippen molar-refractivity contribution in [2.24, 2.45) is 0 Å². The predicted molar refractivity (Wildman–Crippen MR) is 69.6 cm³/mol. The average molecular weight is 284 g/mol. The van der Waals surface area contributed by atoms with Crippen LogP contribution in [0.3, 0.4) is 0 Å². The number of aliphatic hydroxyl groups is 1. The van der Waals surface area contributed by atoms with Gasteiger partial charge in [0.25, 0.3) is 5.91 Å². The van der Waals surface area contributed by atoms with Gasteiger partial charge in [-0.2, -0.15) is 0 Å². The molecule has 1 rings (SSSR count). The lowest BCUT2D eigenvalue weighted by Gasteiger charge is -2.15. The van der Waals surface area contributed by atoms with Gasteiger partial charge in [0.1, 0.15) is 11.6 Å². The summed E-state index contributed by atoms with van der Waals surface area (Å²) < 4.78 is 18.5. The summed E-state index contributed by atoms with van der Waals surface area (Å²) in [5.74, 6) is -1.12. The molecule has 20 heavy (non-hydrogen) atoms. The highest BCUT2D eigenvalue weighted by Crippen LogP contribution is 2.17.